The van der Waals surface area contributed by atoms with Crippen LogP contribution < -0.4 is 10.1 Å². The van der Waals surface area contributed by atoms with Crippen LogP contribution in [0.15, 0.2) is 85.1 Å². The van der Waals surface area contributed by atoms with Crippen molar-refractivity contribution < 1.29 is 21.8 Å². The van der Waals surface area contributed by atoms with Crippen LogP contribution in [-0.4, -0.2) is 12.1 Å². The van der Waals surface area contributed by atoms with Gasteiger partial charge in [-0.15, -0.1) is 11.3 Å². The van der Waals surface area contributed by atoms with Gasteiger partial charge in [0.15, 0.2) is 0 Å². The monoisotopic (exact) mass is 418 g/mol. The first-order valence-electron chi connectivity index (χ1n) is 8.52. The van der Waals surface area contributed by atoms with Crippen LogP contribution in [0.2, 0.25) is 0 Å². The number of nitrogens with one attached hydrogen (secondary N) is 1. The molecule has 0 saturated heterocycles. The molecule has 3 aromatic carbocycles. The van der Waals surface area contributed by atoms with E-state index < -0.39 is 0 Å². The summed E-state index contributed by atoms with van der Waals surface area (Å²) in [4.78, 5) is 5.74. The molecule has 27 heavy (non-hydrogen) atoms. The number of methoxy groups -OCH3 is 1. The van der Waals surface area contributed by atoms with E-state index in [1.807, 2.05) is 54.7 Å². The zero-order valence-electron chi connectivity index (χ0n) is 15.1. The van der Waals surface area contributed by atoms with Crippen LogP contribution in [0, 0.1) is 0 Å². The molecule has 0 radical (unpaired) electrons. The molecule has 0 aliphatic heterocycles. The van der Waals surface area contributed by atoms with E-state index in [-0.39, 0.29) is 17.1 Å². The average Bonchev–Trinajstić information content (AvgIpc) is 3.45. The summed E-state index contributed by atoms with van der Waals surface area (Å²) in [6, 6.07) is 26.4. The van der Waals surface area contributed by atoms with Crippen LogP contribution in [0.1, 0.15) is 10.4 Å². The Labute approximate surface area is 175 Å². The maximum absolute atomic E-state index is 5.25. The van der Waals surface area contributed by atoms with Crippen molar-refractivity contribution >= 4 is 11.3 Å². The molecule has 3 nitrogen and oxygen atoms in total. The Morgan fingerprint density at radius 3 is 2.59 bits per heavy atom. The maximum Gasteiger partial charge on any atom is 0.123 e. The van der Waals surface area contributed by atoms with Crippen LogP contribution >= 0.6 is 11.3 Å². The van der Waals surface area contributed by atoms with E-state index in [9.17, 15) is 0 Å². The van der Waals surface area contributed by atoms with E-state index in [1.165, 1.54) is 10.4 Å². The van der Waals surface area contributed by atoms with Crippen molar-refractivity contribution in [2.75, 3.05) is 7.11 Å². The van der Waals surface area contributed by atoms with Crippen molar-refractivity contribution in [1.29, 1.82) is 0 Å². The molecule has 0 amide bonds. The van der Waals surface area contributed by atoms with E-state index in [4.69, 9.17) is 4.74 Å². The first kappa shape index (κ1) is 21.1. The normalized spacial score (nSPS) is 9.81. The fraction of sp³-hybridized carbons (Fsp3) is 0.136. The summed E-state index contributed by atoms with van der Waals surface area (Å²) in [6.45, 7) is 1.73. The fourth-order valence-corrected chi connectivity index (χ4v) is 3.34. The minimum absolute atomic E-state index is 0. The van der Waals surface area contributed by atoms with Crippen molar-refractivity contribution in [3.63, 3.8) is 0 Å². The SMILES string of the molecule is COc1cccc(-c2ncc(CNC[c-]3[cH-][cH-][cH-][cH-]3)s2)c1.[Fe].c1cc[cH-]c1. The van der Waals surface area contributed by atoms with Gasteiger partial charge in [-0.3, -0.25) is 0 Å². The van der Waals surface area contributed by atoms with Crippen molar-refractivity contribution in [2.24, 2.45) is 0 Å². The molecule has 0 aliphatic carbocycles. The molecule has 0 saturated carbocycles. The molecule has 0 fully saturated rings. The largest absolute Gasteiger partial charge is 0.748 e. The number of aromatic nitrogens is 1. The van der Waals surface area contributed by atoms with Gasteiger partial charge >= 0.3 is 0 Å². The topological polar surface area (TPSA) is 34.1 Å². The van der Waals surface area contributed by atoms with E-state index in [1.54, 1.807) is 18.4 Å². The molecule has 146 valence electrons. The predicted octanol–water partition coefficient (Wildman–Crippen LogP) is 5.23. The van der Waals surface area contributed by atoms with E-state index in [0.29, 0.717) is 0 Å². The van der Waals surface area contributed by atoms with Gasteiger partial charge in [0.05, 0.1) is 7.11 Å². The molecule has 0 atom stereocenters. The predicted molar refractivity (Wildman–Crippen MR) is 109 cm³/mol. The molecule has 0 unspecified atom stereocenters. The summed E-state index contributed by atoms with van der Waals surface area (Å²) in [5.74, 6) is 0.860. The summed E-state index contributed by atoms with van der Waals surface area (Å²) in [6.07, 6.45) is 1.94. The maximum atomic E-state index is 5.25. The average molecular weight is 418 g/mol. The number of thiazole rings is 1. The second kappa shape index (κ2) is 11.5. The van der Waals surface area contributed by atoms with Crippen molar-refractivity contribution in [3.8, 4) is 16.3 Å². The van der Waals surface area contributed by atoms with Crippen LogP contribution in [0.5, 0.6) is 5.75 Å². The van der Waals surface area contributed by atoms with Crippen LogP contribution in [-0.2, 0) is 30.2 Å². The molecule has 5 heteroatoms. The molecular formula is C22H22FeN2OS-6. The standard InChI is InChI=1S/C17H17N2OS.C5H5.Fe/c1-20-15-8-4-7-14(9-15)17-19-12-16(21-17)11-18-10-13-5-2-3-6-13;1-2-4-5-3-1;/h2-9,12,18H,10-11H2,1H3;1-5H;/q-5;-1;. The fourth-order valence-electron chi connectivity index (χ4n) is 2.46. The van der Waals surface area contributed by atoms with Gasteiger partial charge in [0.1, 0.15) is 10.8 Å². The molecule has 1 N–H and O–H groups in total. The second-order valence-electron chi connectivity index (χ2n) is 5.72. The van der Waals surface area contributed by atoms with Gasteiger partial charge in [-0.2, -0.15) is 24.7 Å². The number of nitrogens with zero attached hydrogens (tertiary/aromatic N) is 1. The minimum Gasteiger partial charge on any atom is -0.748 e. The third-order valence-electron chi connectivity index (χ3n) is 3.79. The van der Waals surface area contributed by atoms with E-state index in [0.717, 1.165) is 29.4 Å². The number of hydrogen-bond acceptors (Lipinski definition) is 4. The molecule has 4 aromatic rings. The Hall–Kier alpha value is -2.17. The van der Waals surface area contributed by atoms with Crippen molar-refractivity contribution in [3.05, 3.63) is 95.5 Å². The molecule has 4 rings (SSSR count). The second-order valence-corrected chi connectivity index (χ2v) is 6.84. The smallest absolute Gasteiger partial charge is 0.123 e. The molecule has 1 heterocycles. The van der Waals surface area contributed by atoms with Gasteiger partial charge in [-0.1, -0.05) is 12.1 Å². The molecule has 0 spiro atoms. The number of hydrogen-bond donors (Lipinski definition) is 1. The third kappa shape index (κ3) is 6.81. The first-order chi connectivity index (χ1) is 12.8. The Kier molecular flexibility index (Phi) is 9.02. The number of ether oxygens (including phenoxy) is 1. The number of rotatable bonds is 6. The van der Waals surface area contributed by atoms with Crippen LogP contribution in [0.25, 0.3) is 10.6 Å². The summed E-state index contributed by atoms with van der Waals surface area (Å²) in [7, 11) is 1.68. The quantitative estimate of drug-likeness (QED) is 0.344. The zero-order valence-corrected chi connectivity index (χ0v) is 17.0. The van der Waals surface area contributed by atoms with Gasteiger partial charge in [0.2, 0.25) is 0 Å². The minimum atomic E-state index is 0. The van der Waals surface area contributed by atoms with E-state index in [2.05, 4.69) is 40.6 Å². The van der Waals surface area contributed by atoms with Gasteiger partial charge < -0.3 is 39.9 Å². The molecule has 1 aromatic heterocycles. The Bertz CT molecular complexity index is 852. The Morgan fingerprint density at radius 2 is 1.93 bits per heavy atom. The molecular weight excluding hydrogens is 396 g/mol. The van der Waals surface area contributed by atoms with E-state index >= 15 is 0 Å². The van der Waals surface area contributed by atoms with Crippen molar-refractivity contribution in [1.82, 2.24) is 10.3 Å². The third-order valence-corrected chi connectivity index (χ3v) is 4.83. The summed E-state index contributed by atoms with van der Waals surface area (Å²) < 4.78 is 5.25. The van der Waals surface area contributed by atoms with Gasteiger partial charge in [-0.25, -0.2) is 17.1 Å². The number of benzene rings is 1. The summed E-state index contributed by atoms with van der Waals surface area (Å²) in [5.41, 5.74) is 2.41. The zero-order chi connectivity index (χ0) is 18.0. The van der Waals surface area contributed by atoms with Gasteiger partial charge in [0.25, 0.3) is 0 Å². The molecule has 0 bridgehead atoms. The summed E-state index contributed by atoms with van der Waals surface area (Å²) in [5, 5.41) is 4.46. The van der Waals surface area contributed by atoms with Crippen LogP contribution in [0.3, 0.4) is 0 Å². The first-order valence-corrected chi connectivity index (χ1v) is 9.34. The Morgan fingerprint density at radius 1 is 1.15 bits per heavy atom. The van der Waals surface area contributed by atoms with Crippen molar-refractivity contribution in [2.45, 2.75) is 13.1 Å². The van der Waals surface area contributed by atoms with Gasteiger partial charge in [0, 0.05) is 40.3 Å². The Balaban J connectivity index is 0.000000379. The summed E-state index contributed by atoms with van der Waals surface area (Å²) >= 11 is 1.71. The van der Waals surface area contributed by atoms with Gasteiger partial charge in [-0.05, 0) is 12.1 Å². The molecule has 0 aliphatic rings. The van der Waals surface area contributed by atoms with Crippen LogP contribution in [0.4, 0.5) is 0 Å².